The molecule has 1 aromatic carbocycles. The van der Waals surface area contributed by atoms with Crippen molar-refractivity contribution in [1.82, 2.24) is 9.80 Å². The van der Waals surface area contributed by atoms with Crippen molar-refractivity contribution in [2.75, 3.05) is 26.2 Å². The van der Waals surface area contributed by atoms with Crippen LogP contribution in [-0.4, -0.2) is 47.8 Å². The number of amides is 2. The number of carbonyl (C=O) groups excluding carboxylic acids is 2. The molecule has 0 aromatic heterocycles. The van der Waals surface area contributed by atoms with Crippen molar-refractivity contribution in [3.63, 3.8) is 0 Å². The monoisotopic (exact) mass is 438 g/mol. The van der Waals surface area contributed by atoms with Crippen LogP contribution in [0.4, 0.5) is 4.39 Å². The van der Waals surface area contributed by atoms with E-state index in [2.05, 4.69) is 0 Å². The van der Waals surface area contributed by atoms with Gasteiger partial charge in [0.15, 0.2) is 0 Å². The first-order valence-electron chi connectivity index (χ1n) is 10.6. The fourth-order valence-electron chi connectivity index (χ4n) is 6.68. The number of halogens is 3. The molecular formula is C22H25Cl2FN2O2. The Kier molecular flexibility index (Phi) is 4.82. The van der Waals surface area contributed by atoms with Crippen LogP contribution in [0.3, 0.4) is 0 Å². The third-order valence-corrected chi connectivity index (χ3v) is 8.19. The first kappa shape index (κ1) is 19.6. The summed E-state index contributed by atoms with van der Waals surface area (Å²) in [6, 6.07) is 2.36. The van der Waals surface area contributed by atoms with Crippen LogP contribution < -0.4 is 0 Å². The van der Waals surface area contributed by atoms with Crippen molar-refractivity contribution >= 4 is 35.0 Å². The van der Waals surface area contributed by atoms with Crippen molar-refractivity contribution in [3.8, 4) is 0 Å². The Morgan fingerprint density at radius 1 is 0.862 bits per heavy atom. The van der Waals surface area contributed by atoms with Crippen molar-refractivity contribution in [1.29, 1.82) is 0 Å². The van der Waals surface area contributed by atoms with Gasteiger partial charge < -0.3 is 9.80 Å². The summed E-state index contributed by atoms with van der Waals surface area (Å²) in [5.74, 6) is 1.53. The van der Waals surface area contributed by atoms with E-state index in [1.807, 2.05) is 4.90 Å². The zero-order valence-corrected chi connectivity index (χ0v) is 17.8. The molecule has 4 saturated carbocycles. The average Bonchev–Trinajstić information content (AvgIpc) is 2.69. The minimum Gasteiger partial charge on any atom is -0.339 e. The lowest BCUT2D eigenvalue weighted by Crippen LogP contribution is -2.58. The third kappa shape index (κ3) is 3.34. The zero-order valence-electron chi connectivity index (χ0n) is 16.3. The highest BCUT2D eigenvalue weighted by molar-refractivity contribution is 6.36. The van der Waals surface area contributed by atoms with Crippen LogP contribution in [-0.2, 0) is 4.79 Å². The third-order valence-electron chi connectivity index (χ3n) is 7.59. The molecule has 4 nitrogen and oxygen atoms in total. The molecular weight excluding hydrogens is 414 g/mol. The van der Waals surface area contributed by atoms with Gasteiger partial charge in [-0.25, -0.2) is 4.39 Å². The highest BCUT2D eigenvalue weighted by atomic mass is 35.5. The normalized spacial score (nSPS) is 33.3. The second kappa shape index (κ2) is 7.12. The lowest BCUT2D eigenvalue weighted by atomic mass is 9.49. The van der Waals surface area contributed by atoms with Gasteiger partial charge in [-0.05, 0) is 68.4 Å². The van der Waals surface area contributed by atoms with E-state index in [-0.39, 0.29) is 26.9 Å². The second-order valence-corrected chi connectivity index (χ2v) is 10.3. The highest BCUT2D eigenvalue weighted by Crippen LogP contribution is 2.60. The van der Waals surface area contributed by atoms with E-state index >= 15 is 0 Å². The predicted molar refractivity (Wildman–Crippen MR) is 110 cm³/mol. The summed E-state index contributed by atoms with van der Waals surface area (Å²) >= 11 is 11.8. The van der Waals surface area contributed by atoms with E-state index in [0.717, 1.165) is 43.1 Å². The molecule has 5 aliphatic rings. The van der Waals surface area contributed by atoms with E-state index in [4.69, 9.17) is 23.2 Å². The molecule has 29 heavy (non-hydrogen) atoms. The minimum absolute atomic E-state index is 0.0995. The molecule has 2 amide bonds. The van der Waals surface area contributed by atoms with Crippen LogP contribution in [0.5, 0.6) is 0 Å². The molecule has 0 spiro atoms. The molecule has 0 atom stereocenters. The Morgan fingerprint density at radius 3 is 1.93 bits per heavy atom. The fraction of sp³-hybridized carbons (Fsp3) is 0.636. The molecule has 4 aliphatic carbocycles. The van der Waals surface area contributed by atoms with Gasteiger partial charge in [-0.15, -0.1) is 0 Å². The highest BCUT2D eigenvalue weighted by Gasteiger charge is 2.55. The van der Waals surface area contributed by atoms with Crippen LogP contribution in [0, 0.1) is 29.0 Å². The second-order valence-electron chi connectivity index (χ2n) is 9.53. The molecule has 1 aliphatic heterocycles. The van der Waals surface area contributed by atoms with Gasteiger partial charge in [0.05, 0.1) is 21.0 Å². The average molecular weight is 439 g/mol. The maximum atomic E-state index is 13.8. The molecule has 5 fully saturated rings. The quantitative estimate of drug-likeness (QED) is 0.631. The molecule has 0 N–H and O–H groups in total. The fourth-order valence-corrected chi connectivity index (χ4v) is 7.14. The zero-order chi connectivity index (χ0) is 20.3. The lowest BCUT2D eigenvalue weighted by Gasteiger charge is -2.57. The maximum Gasteiger partial charge on any atom is 0.255 e. The van der Waals surface area contributed by atoms with Crippen LogP contribution >= 0.6 is 23.2 Å². The van der Waals surface area contributed by atoms with Gasteiger partial charge in [0.25, 0.3) is 5.91 Å². The van der Waals surface area contributed by atoms with Gasteiger partial charge in [0.1, 0.15) is 5.82 Å². The van der Waals surface area contributed by atoms with Gasteiger partial charge in [-0.2, -0.15) is 0 Å². The molecule has 1 heterocycles. The van der Waals surface area contributed by atoms with Gasteiger partial charge >= 0.3 is 0 Å². The first-order valence-corrected chi connectivity index (χ1v) is 11.3. The number of piperazine rings is 1. The predicted octanol–water partition coefficient (Wildman–Crippen LogP) is 4.63. The SMILES string of the molecule is O=C(c1cc(F)c(Cl)cc1Cl)N1CCN(C(=O)C23CC4CC(CC(C4)C2)C3)CC1. The maximum absolute atomic E-state index is 13.8. The number of rotatable bonds is 2. The van der Waals surface area contributed by atoms with E-state index < -0.39 is 5.82 Å². The first-order chi connectivity index (χ1) is 13.8. The van der Waals surface area contributed by atoms with Crippen LogP contribution in [0.1, 0.15) is 48.9 Å². The minimum atomic E-state index is -0.657. The summed E-state index contributed by atoms with van der Waals surface area (Å²) in [5.41, 5.74) is -0.0294. The summed E-state index contributed by atoms with van der Waals surface area (Å²) in [6.45, 7) is 1.94. The number of nitrogens with zero attached hydrogens (tertiary/aromatic N) is 2. The van der Waals surface area contributed by atoms with Crippen molar-refractivity contribution < 1.29 is 14.0 Å². The topological polar surface area (TPSA) is 40.6 Å². The van der Waals surface area contributed by atoms with Crippen molar-refractivity contribution in [2.45, 2.75) is 38.5 Å². The molecule has 156 valence electrons. The van der Waals surface area contributed by atoms with Crippen LogP contribution in [0.25, 0.3) is 0 Å². The summed E-state index contributed by atoms with van der Waals surface area (Å²) in [6.07, 6.45) is 7.09. The van der Waals surface area contributed by atoms with E-state index in [1.54, 1.807) is 4.90 Å². The summed E-state index contributed by atoms with van der Waals surface area (Å²) in [7, 11) is 0. The summed E-state index contributed by atoms with van der Waals surface area (Å²) < 4.78 is 13.8. The standard InChI is InChI=1S/C22H25Cl2FN2O2/c23-17-9-18(24)19(25)8-16(17)20(28)26-1-3-27(4-2-26)21(29)22-10-13-5-14(11-22)7-15(6-13)12-22/h8-9,13-15H,1-7,10-12H2. The molecule has 0 unspecified atom stereocenters. The Labute approximate surface area is 180 Å². The number of benzene rings is 1. The number of carbonyl (C=O) groups is 2. The molecule has 1 aromatic rings. The van der Waals surface area contributed by atoms with Crippen molar-refractivity contribution in [3.05, 3.63) is 33.6 Å². The Morgan fingerprint density at radius 2 is 1.38 bits per heavy atom. The van der Waals surface area contributed by atoms with E-state index in [9.17, 15) is 14.0 Å². The largest absolute Gasteiger partial charge is 0.339 e. The molecule has 6 rings (SSSR count). The van der Waals surface area contributed by atoms with Crippen LogP contribution in [0.15, 0.2) is 12.1 Å². The molecule has 1 saturated heterocycles. The molecule has 0 radical (unpaired) electrons. The van der Waals surface area contributed by atoms with Gasteiger partial charge in [0.2, 0.25) is 5.91 Å². The van der Waals surface area contributed by atoms with Gasteiger partial charge in [-0.1, -0.05) is 23.2 Å². The summed E-state index contributed by atoms with van der Waals surface area (Å²) in [5, 5.41) is 0.0472. The van der Waals surface area contributed by atoms with E-state index in [1.165, 1.54) is 25.3 Å². The van der Waals surface area contributed by atoms with Crippen LogP contribution in [0.2, 0.25) is 10.0 Å². The molecule has 4 bridgehead atoms. The number of hydrogen-bond acceptors (Lipinski definition) is 2. The Bertz CT molecular complexity index is 831. The Hall–Kier alpha value is -1.33. The Balaban J connectivity index is 1.26. The smallest absolute Gasteiger partial charge is 0.255 e. The van der Waals surface area contributed by atoms with Gasteiger partial charge in [-0.3, -0.25) is 9.59 Å². The molecule has 7 heteroatoms. The van der Waals surface area contributed by atoms with Gasteiger partial charge in [0, 0.05) is 26.2 Å². The summed E-state index contributed by atoms with van der Waals surface area (Å²) in [4.78, 5) is 29.9. The number of hydrogen-bond donors (Lipinski definition) is 0. The van der Waals surface area contributed by atoms with Crippen molar-refractivity contribution in [2.24, 2.45) is 23.2 Å². The van der Waals surface area contributed by atoms with E-state index in [0.29, 0.717) is 32.1 Å². The lowest BCUT2D eigenvalue weighted by molar-refractivity contribution is -0.159.